The molecule has 0 radical (unpaired) electrons. The Labute approximate surface area is 209 Å². The van der Waals surface area contributed by atoms with Crippen LogP contribution in [-0.4, -0.2) is 53.6 Å². The zero-order valence-electron chi connectivity index (χ0n) is 20.9. The molecule has 0 bridgehead atoms. The smallest absolute Gasteiger partial charge is 0.375 e. The summed E-state index contributed by atoms with van der Waals surface area (Å²) in [6.45, 7) is 2.35. The van der Waals surface area contributed by atoms with Gasteiger partial charge in [0.1, 0.15) is 0 Å². The van der Waals surface area contributed by atoms with Gasteiger partial charge in [-0.15, -0.1) is 0 Å². The van der Waals surface area contributed by atoms with Gasteiger partial charge in [-0.25, -0.2) is 53.1 Å². The Hall–Kier alpha value is -3.45. The fourth-order valence-electron chi connectivity index (χ4n) is 3.59. The second kappa shape index (κ2) is 20.9. The van der Waals surface area contributed by atoms with Gasteiger partial charge in [0, 0.05) is 19.6 Å². The third-order valence-corrected chi connectivity index (χ3v) is 5.51. The highest BCUT2D eigenvalue weighted by molar-refractivity contribution is 5.33. The van der Waals surface area contributed by atoms with E-state index in [0.717, 1.165) is 68.8 Å². The fourth-order valence-corrected chi connectivity index (χ4v) is 3.59. The van der Waals surface area contributed by atoms with E-state index in [-0.39, 0.29) is 12.2 Å². The molecule has 12 nitrogen and oxygen atoms in total. The maximum atomic E-state index is 13.1. The number of rotatable bonds is 21. The monoisotopic (exact) mass is 504 g/mol. The van der Waals surface area contributed by atoms with Crippen molar-refractivity contribution < 1.29 is 18.8 Å². The number of aliphatic imine (C=N–C) groups is 3. The van der Waals surface area contributed by atoms with Gasteiger partial charge in [0.2, 0.25) is 18.2 Å². The van der Waals surface area contributed by atoms with E-state index < -0.39 is 11.4 Å². The Morgan fingerprint density at radius 2 is 0.972 bits per heavy atom. The first-order valence-electron chi connectivity index (χ1n) is 12.6. The molecule has 1 heterocycles. The van der Waals surface area contributed by atoms with E-state index in [1.165, 1.54) is 22.8 Å². The molecule has 1 rings (SSSR count). The average molecular weight is 505 g/mol. The van der Waals surface area contributed by atoms with Gasteiger partial charge in [-0.2, -0.15) is 0 Å². The number of unbranched alkanes of at least 4 members (excludes halogenated alkanes) is 9. The summed E-state index contributed by atoms with van der Waals surface area (Å²) in [7, 11) is 0. The van der Waals surface area contributed by atoms with E-state index in [0.29, 0.717) is 45.6 Å². The van der Waals surface area contributed by atoms with Crippen molar-refractivity contribution in [2.75, 3.05) is 26.2 Å². The van der Waals surface area contributed by atoms with Gasteiger partial charge in [-0.3, -0.25) is 0 Å². The van der Waals surface area contributed by atoms with Crippen molar-refractivity contribution in [1.82, 2.24) is 9.13 Å². The Kier molecular flexibility index (Phi) is 17.7. The molecule has 0 saturated carbocycles. The zero-order chi connectivity index (χ0) is 26.3. The minimum absolute atomic E-state index is 0.0316. The van der Waals surface area contributed by atoms with Crippen LogP contribution < -0.4 is 17.1 Å². The van der Waals surface area contributed by atoms with Crippen molar-refractivity contribution in [3.63, 3.8) is 0 Å². The standard InChI is InChI=1S/C24H36N6O6/c31-19-25-13-7-1-2-10-16-28-22-29(17-11-5-3-8-14-26-20-32)23(34)30(24(35)36-22)18-12-6-4-9-15-27-21-33/h1-18H2/b28-22+. The van der Waals surface area contributed by atoms with Gasteiger partial charge in [-0.1, -0.05) is 38.5 Å². The Morgan fingerprint density at radius 1 is 0.556 bits per heavy atom. The summed E-state index contributed by atoms with van der Waals surface area (Å²) in [6.07, 6.45) is 14.0. The predicted octanol–water partition coefficient (Wildman–Crippen LogP) is 2.19. The SMILES string of the molecule is O=C=NCCCCCC/N=c1/oc(=O)n(CCCCCCN=C=O)c(=O)n1CCCCCCN=C=O. The lowest BCUT2D eigenvalue weighted by molar-refractivity contribution is 0.300. The van der Waals surface area contributed by atoms with Gasteiger partial charge in [0.05, 0.1) is 19.6 Å². The molecule has 12 heteroatoms. The Balaban J connectivity index is 2.81. The van der Waals surface area contributed by atoms with E-state index in [4.69, 9.17) is 4.42 Å². The van der Waals surface area contributed by atoms with Crippen LogP contribution in [0.3, 0.4) is 0 Å². The van der Waals surface area contributed by atoms with Crippen LogP contribution in [0.1, 0.15) is 77.0 Å². The summed E-state index contributed by atoms with van der Waals surface area (Å²) in [4.78, 5) is 70.9. The molecule has 0 spiro atoms. The van der Waals surface area contributed by atoms with E-state index in [1.807, 2.05) is 0 Å². The molecule has 0 aliphatic carbocycles. The second-order valence-electron chi connectivity index (χ2n) is 8.28. The first-order valence-corrected chi connectivity index (χ1v) is 12.6. The minimum atomic E-state index is -0.723. The topological polar surface area (TPSA) is 158 Å². The largest absolute Gasteiger partial charge is 0.425 e. The average Bonchev–Trinajstić information content (AvgIpc) is 2.87. The van der Waals surface area contributed by atoms with Gasteiger partial charge >= 0.3 is 17.1 Å². The maximum Gasteiger partial charge on any atom is 0.425 e. The van der Waals surface area contributed by atoms with E-state index >= 15 is 0 Å². The molecule has 1 aromatic heterocycles. The molecule has 36 heavy (non-hydrogen) atoms. The second-order valence-corrected chi connectivity index (χ2v) is 8.28. The molecule has 0 atom stereocenters. The van der Waals surface area contributed by atoms with Gasteiger partial charge in [0.25, 0.3) is 0 Å². The quantitative estimate of drug-likeness (QED) is 0.142. The number of isocyanates is 3. The van der Waals surface area contributed by atoms with Crippen LogP contribution in [0.2, 0.25) is 0 Å². The highest BCUT2D eigenvalue weighted by Crippen LogP contribution is 2.03. The van der Waals surface area contributed by atoms with Crippen LogP contribution in [0.25, 0.3) is 0 Å². The number of hydrogen-bond acceptors (Lipinski definition) is 10. The van der Waals surface area contributed by atoms with E-state index in [1.54, 1.807) is 0 Å². The molecule has 1 aromatic rings. The minimum Gasteiger partial charge on any atom is -0.375 e. The molecular formula is C24H36N6O6. The normalized spacial score (nSPS) is 10.9. The number of carbonyl (C=O) groups excluding carboxylic acids is 3. The van der Waals surface area contributed by atoms with Crippen molar-refractivity contribution in [2.45, 2.75) is 90.1 Å². The van der Waals surface area contributed by atoms with E-state index in [9.17, 15) is 24.0 Å². The molecule has 0 fully saturated rings. The summed E-state index contributed by atoms with van der Waals surface area (Å²) in [5.41, 5.74) is -0.406. The molecule has 0 unspecified atom stereocenters. The van der Waals surface area contributed by atoms with Crippen molar-refractivity contribution in [3.8, 4) is 0 Å². The molecule has 0 aromatic carbocycles. The predicted molar refractivity (Wildman–Crippen MR) is 132 cm³/mol. The van der Waals surface area contributed by atoms with Crippen molar-refractivity contribution in [2.24, 2.45) is 20.0 Å². The first kappa shape index (κ1) is 30.6. The molecule has 0 aliphatic heterocycles. The summed E-state index contributed by atoms with van der Waals surface area (Å²) < 4.78 is 7.96. The van der Waals surface area contributed by atoms with Crippen LogP contribution in [0, 0.1) is 0 Å². The Morgan fingerprint density at radius 3 is 1.44 bits per heavy atom. The molecule has 0 N–H and O–H groups in total. The zero-order valence-corrected chi connectivity index (χ0v) is 20.9. The lowest BCUT2D eigenvalue weighted by atomic mass is 10.2. The summed E-state index contributed by atoms with van der Waals surface area (Å²) in [5.74, 6) is -0.723. The highest BCUT2D eigenvalue weighted by Gasteiger charge is 2.11. The number of nitrogens with zero attached hydrogens (tertiary/aromatic N) is 6. The molecule has 0 saturated heterocycles. The summed E-state index contributed by atoms with van der Waals surface area (Å²) >= 11 is 0. The maximum absolute atomic E-state index is 13.1. The van der Waals surface area contributed by atoms with Crippen LogP contribution in [0.5, 0.6) is 0 Å². The molecule has 0 aliphatic rings. The van der Waals surface area contributed by atoms with Crippen molar-refractivity contribution in [1.29, 1.82) is 0 Å². The fraction of sp³-hybridized carbons (Fsp3) is 0.750. The third-order valence-electron chi connectivity index (χ3n) is 5.51. The lowest BCUT2D eigenvalue weighted by Crippen LogP contribution is -2.47. The van der Waals surface area contributed by atoms with Gasteiger partial charge in [0.15, 0.2) is 0 Å². The highest BCUT2D eigenvalue weighted by atomic mass is 16.4. The summed E-state index contributed by atoms with van der Waals surface area (Å²) in [5, 5.41) is 0. The van der Waals surface area contributed by atoms with Crippen LogP contribution in [0.4, 0.5) is 0 Å². The lowest BCUT2D eigenvalue weighted by Gasteiger charge is -2.10. The first-order chi connectivity index (χ1) is 17.7. The Bertz CT molecular complexity index is 1090. The van der Waals surface area contributed by atoms with Gasteiger partial charge in [-0.05, 0) is 38.5 Å². The molecule has 0 amide bonds. The van der Waals surface area contributed by atoms with Crippen LogP contribution >= 0.6 is 0 Å². The van der Waals surface area contributed by atoms with Crippen LogP contribution in [0.15, 0.2) is 34.0 Å². The molecule has 198 valence electrons. The summed E-state index contributed by atoms with van der Waals surface area (Å²) in [6, 6.07) is 0. The van der Waals surface area contributed by atoms with E-state index in [2.05, 4.69) is 20.0 Å². The van der Waals surface area contributed by atoms with Gasteiger partial charge < -0.3 is 4.42 Å². The van der Waals surface area contributed by atoms with Crippen LogP contribution in [-0.2, 0) is 27.5 Å². The number of aromatic nitrogens is 2. The third kappa shape index (κ3) is 13.4. The molecular weight excluding hydrogens is 468 g/mol. The number of hydrogen-bond donors (Lipinski definition) is 0. The van der Waals surface area contributed by atoms with Crippen molar-refractivity contribution in [3.05, 3.63) is 26.7 Å². The van der Waals surface area contributed by atoms with Crippen molar-refractivity contribution >= 4 is 18.2 Å².